The Labute approximate surface area is 187 Å². The molecule has 3 rings (SSSR count). The van der Waals surface area contributed by atoms with E-state index in [2.05, 4.69) is 10.6 Å². The van der Waals surface area contributed by atoms with Gasteiger partial charge in [0.05, 0.1) is 14.2 Å². The number of hydrogen-bond acceptors (Lipinski definition) is 4. The fourth-order valence-electron chi connectivity index (χ4n) is 3.16. The van der Waals surface area contributed by atoms with E-state index in [1.807, 2.05) is 60.7 Å². The van der Waals surface area contributed by atoms with Gasteiger partial charge in [0.2, 0.25) is 0 Å². The van der Waals surface area contributed by atoms with Gasteiger partial charge < -0.3 is 20.1 Å². The second-order valence-electron chi connectivity index (χ2n) is 6.98. The van der Waals surface area contributed by atoms with E-state index in [4.69, 9.17) is 9.47 Å². The molecule has 0 aromatic heterocycles. The predicted molar refractivity (Wildman–Crippen MR) is 124 cm³/mol. The molecule has 0 saturated carbocycles. The third-order valence-corrected chi connectivity index (χ3v) is 4.81. The summed E-state index contributed by atoms with van der Waals surface area (Å²) < 4.78 is 10.8. The molecule has 0 heterocycles. The van der Waals surface area contributed by atoms with Gasteiger partial charge in [-0.3, -0.25) is 9.59 Å². The summed E-state index contributed by atoms with van der Waals surface area (Å²) in [5.41, 5.74) is 2.41. The zero-order valence-electron chi connectivity index (χ0n) is 18.1. The number of ether oxygens (including phenoxy) is 2. The highest BCUT2D eigenvalue weighted by Gasteiger charge is 2.20. The molecule has 0 radical (unpaired) electrons. The van der Waals surface area contributed by atoms with Crippen LogP contribution in [0.3, 0.4) is 0 Å². The Balaban J connectivity index is 1.87. The van der Waals surface area contributed by atoms with Gasteiger partial charge in [0.25, 0.3) is 11.8 Å². The van der Waals surface area contributed by atoms with Gasteiger partial charge in [-0.05, 0) is 23.3 Å². The molecule has 0 bridgehead atoms. The molecule has 6 nitrogen and oxygen atoms in total. The maximum atomic E-state index is 13.0. The van der Waals surface area contributed by atoms with Crippen LogP contribution in [0.2, 0.25) is 0 Å². The van der Waals surface area contributed by atoms with Crippen molar-refractivity contribution in [1.29, 1.82) is 0 Å². The Kier molecular flexibility index (Phi) is 8.03. The van der Waals surface area contributed by atoms with Crippen LogP contribution < -0.4 is 20.1 Å². The van der Waals surface area contributed by atoms with E-state index in [0.717, 1.165) is 11.1 Å². The summed E-state index contributed by atoms with van der Waals surface area (Å²) in [5, 5.41) is 5.65. The number of benzene rings is 3. The number of rotatable bonds is 9. The van der Waals surface area contributed by atoms with Gasteiger partial charge in [-0.1, -0.05) is 72.8 Å². The third kappa shape index (κ3) is 5.98. The topological polar surface area (TPSA) is 76.7 Å². The summed E-state index contributed by atoms with van der Waals surface area (Å²) in [4.78, 5) is 26.0. The van der Waals surface area contributed by atoms with E-state index in [-0.39, 0.29) is 5.57 Å². The van der Waals surface area contributed by atoms with E-state index in [1.54, 1.807) is 18.2 Å². The first-order chi connectivity index (χ1) is 15.6. The summed E-state index contributed by atoms with van der Waals surface area (Å²) in [7, 11) is 3.05. The molecule has 6 heteroatoms. The molecule has 0 spiro atoms. The van der Waals surface area contributed by atoms with Crippen LogP contribution in [0.25, 0.3) is 6.08 Å². The molecule has 2 N–H and O–H groups in total. The van der Waals surface area contributed by atoms with Gasteiger partial charge in [0.15, 0.2) is 11.5 Å². The van der Waals surface area contributed by atoms with Crippen LogP contribution in [0.5, 0.6) is 11.5 Å². The zero-order chi connectivity index (χ0) is 22.8. The summed E-state index contributed by atoms with van der Waals surface area (Å²) in [6, 6.07) is 24.3. The molecule has 0 aliphatic heterocycles. The minimum absolute atomic E-state index is 0.0246. The lowest BCUT2D eigenvalue weighted by atomic mass is 10.1. The van der Waals surface area contributed by atoms with Crippen LogP contribution in [0.15, 0.2) is 84.4 Å². The lowest BCUT2D eigenvalue weighted by Crippen LogP contribution is -2.34. The van der Waals surface area contributed by atoms with Crippen molar-refractivity contribution in [3.05, 3.63) is 101 Å². The van der Waals surface area contributed by atoms with Gasteiger partial charge in [-0.2, -0.15) is 0 Å². The average Bonchev–Trinajstić information content (AvgIpc) is 2.85. The Morgan fingerprint density at radius 2 is 1.25 bits per heavy atom. The molecule has 0 unspecified atom stereocenters. The van der Waals surface area contributed by atoms with Gasteiger partial charge in [0, 0.05) is 18.7 Å². The molecular formula is C26H26N2O4. The molecule has 2 amide bonds. The normalized spacial score (nSPS) is 10.1. The van der Waals surface area contributed by atoms with Gasteiger partial charge >= 0.3 is 0 Å². The Morgan fingerprint density at radius 1 is 0.719 bits per heavy atom. The first-order valence-electron chi connectivity index (χ1n) is 10.2. The third-order valence-electron chi connectivity index (χ3n) is 4.81. The standard InChI is InChI=1S/C26H26N2O4/c1-31-23-15-9-14-21(24(23)32-2)16-22(25(29)27-17-19-10-5-3-6-11-19)26(30)28-18-20-12-7-4-8-13-20/h3-16H,17-18H2,1-2H3,(H,27,29)(H,28,30). The second-order valence-corrected chi connectivity index (χ2v) is 6.98. The summed E-state index contributed by atoms with van der Waals surface area (Å²) in [5.74, 6) is -0.0113. The van der Waals surface area contributed by atoms with E-state index in [9.17, 15) is 9.59 Å². The number of carbonyl (C=O) groups excluding carboxylic acids is 2. The predicted octanol–water partition coefficient (Wildman–Crippen LogP) is 3.72. The van der Waals surface area contributed by atoms with Crippen molar-refractivity contribution in [2.45, 2.75) is 13.1 Å². The van der Waals surface area contributed by atoms with Crippen LogP contribution in [0.1, 0.15) is 16.7 Å². The van der Waals surface area contributed by atoms with E-state index in [1.165, 1.54) is 20.3 Å². The smallest absolute Gasteiger partial charge is 0.257 e. The quantitative estimate of drug-likeness (QED) is 0.308. The fourth-order valence-corrected chi connectivity index (χ4v) is 3.16. The summed E-state index contributed by atoms with van der Waals surface area (Å²) >= 11 is 0. The summed E-state index contributed by atoms with van der Waals surface area (Å²) in [6.07, 6.45) is 1.52. The number of carbonyl (C=O) groups is 2. The lowest BCUT2D eigenvalue weighted by molar-refractivity contribution is -0.123. The molecule has 0 aliphatic carbocycles. The Hall–Kier alpha value is -4.06. The fraction of sp³-hybridized carbons (Fsp3) is 0.154. The number of nitrogens with one attached hydrogen (secondary N) is 2. The van der Waals surface area contributed by atoms with Crippen molar-refractivity contribution >= 4 is 17.9 Å². The highest BCUT2D eigenvalue weighted by atomic mass is 16.5. The minimum atomic E-state index is -0.482. The Bertz CT molecular complexity index is 1020. The molecular weight excluding hydrogens is 404 g/mol. The first kappa shape index (κ1) is 22.6. The van der Waals surface area contributed by atoms with E-state index in [0.29, 0.717) is 30.2 Å². The largest absolute Gasteiger partial charge is 0.493 e. The van der Waals surface area contributed by atoms with Gasteiger partial charge in [-0.25, -0.2) is 0 Å². The Morgan fingerprint density at radius 3 is 1.72 bits per heavy atom. The van der Waals surface area contributed by atoms with Gasteiger partial charge in [-0.15, -0.1) is 0 Å². The molecule has 164 valence electrons. The van der Waals surface area contributed by atoms with Crippen molar-refractivity contribution in [2.24, 2.45) is 0 Å². The van der Waals surface area contributed by atoms with Crippen molar-refractivity contribution in [1.82, 2.24) is 10.6 Å². The number of para-hydroxylation sites is 1. The molecule has 0 saturated heterocycles. The molecule has 0 aliphatic rings. The number of amides is 2. The van der Waals surface area contributed by atoms with Crippen LogP contribution in [0.4, 0.5) is 0 Å². The van der Waals surface area contributed by atoms with E-state index < -0.39 is 11.8 Å². The zero-order valence-corrected chi connectivity index (χ0v) is 18.1. The molecule has 32 heavy (non-hydrogen) atoms. The SMILES string of the molecule is COc1cccc(C=C(C(=O)NCc2ccccc2)C(=O)NCc2ccccc2)c1OC. The maximum absolute atomic E-state index is 13.0. The van der Waals surface area contributed by atoms with Crippen molar-refractivity contribution in [3.63, 3.8) is 0 Å². The van der Waals surface area contributed by atoms with Crippen molar-refractivity contribution in [2.75, 3.05) is 14.2 Å². The maximum Gasteiger partial charge on any atom is 0.257 e. The minimum Gasteiger partial charge on any atom is -0.493 e. The second kappa shape index (κ2) is 11.4. The lowest BCUT2D eigenvalue weighted by Gasteiger charge is -2.13. The highest BCUT2D eigenvalue weighted by Crippen LogP contribution is 2.32. The van der Waals surface area contributed by atoms with Crippen molar-refractivity contribution < 1.29 is 19.1 Å². The monoisotopic (exact) mass is 430 g/mol. The molecule has 3 aromatic rings. The average molecular weight is 431 g/mol. The number of methoxy groups -OCH3 is 2. The highest BCUT2D eigenvalue weighted by molar-refractivity contribution is 6.21. The molecule has 3 aromatic carbocycles. The van der Waals surface area contributed by atoms with E-state index >= 15 is 0 Å². The van der Waals surface area contributed by atoms with Crippen molar-refractivity contribution in [3.8, 4) is 11.5 Å². The van der Waals surface area contributed by atoms with Crippen LogP contribution in [0, 0.1) is 0 Å². The summed E-state index contributed by atoms with van der Waals surface area (Å²) in [6.45, 7) is 0.608. The van der Waals surface area contributed by atoms with Crippen LogP contribution in [-0.4, -0.2) is 26.0 Å². The number of hydrogen-bond donors (Lipinski definition) is 2. The van der Waals surface area contributed by atoms with Gasteiger partial charge in [0.1, 0.15) is 5.57 Å². The first-order valence-corrected chi connectivity index (χ1v) is 10.2. The molecule has 0 atom stereocenters. The van der Waals surface area contributed by atoms with Crippen LogP contribution >= 0.6 is 0 Å². The van der Waals surface area contributed by atoms with Crippen LogP contribution in [-0.2, 0) is 22.7 Å². The molecule has 0 fully saturated rings.